The summed E-state index contributed by atoms with van der Waals surface area (Å²) in [4.78, 5) is 10.5. The number of nitro benzene ring substituents is 1. The van der Waals surface area contributed by atoms with Crippen molar-refractivity contribution >= 4 is 11.4 Å². The van der Waals surface area contributed by atoms with Crippen molar-refractivity contribution in [3.05, 3.63) is 69.8 Å². The van der Waals surface area contributed by atoms with E-state index in [1.807, 2.05) is 25.1 Å². The Bertz CT molecular complexity index is 611. The summed E-state index contributed by atoms with van der Waals surface area (Å²) in [5.41, 5.74) is 3.25. The summed E-state index contributed by atoms with van der Waals surface area (Å²) in [5, 5.41) is 14.3. The van der Waals surface area contributed by atoms with Gasteiger partial charge in [-0.05, 0) is 30.9 Å². The summed E-state index contributed by atoms with van der Waals surface area (Å²) in [6, 6.07) is 15.5. The van der Waals surface area contributed by atoms with Gasteiger partial charge in [0.1, 0.15) is 0 Å². The Hall–Kier alpha value is -2.36. The zero-order chi connectivity index (χ0) is 15.2. The van der Waals surface area contributed by atoms with Gasteiger partial charge < -0.3 is 5.32 Å². The van der Waals surface area contributed by atoms with E-state index in [1.165, 1.54) is 5.56 Å². The number of hydrogen-bond donors (Lipinski definition) is 1. The molecule has 0 spiro atoms. The molecule has 0 amide bonds. The number of nitrogens with one attached hydrogen (secondary N) is 1. The van der Waals surface area contributed by atoms with Gasteiger partial charge in [-0.25, -0.2) is 0 Å². The van der Waals surface area contributed by atoms with Crippen LogP contribution in [0.2, 0.25) is 0 Å². The van der Waals surface area contributed by atoms with E-state index in [0.29, 0.717) is 0 Å². The highest BCUT2D eigenvalue weighted by atomic mass is 16.6. The lowest BCUT2D eigenvalue weighted by atomic mass is 10.0. The highest BCUT2D eigenvalue weighted by molar-refractivity contribution is 5.57. The molecule has 0 aliphatic heterocycles. The van der Waals surface area contributed by atoms with Gasteiger partial charge in [-0.15, -0.1) is 0 Å². The molecule has 0 aromatic heterocycles. The second-order valence-corrected chi connectivity index (χ2v) is 5.20. The number of nitrogens with zero attached hydrogens (tertiary/aromatic N) is 1. The maximum absolute atomic E-state index is 10.9. The minimum Gasteiger partial charge on any atom is -0.382 e. The quantitative estimate of drug-likeness (QED) is 0.634. The van der Waals surface area contributed by atoms with E-state index in [9.17, 15) is 10.1 Å². The fraction of sp³-hybridized carbons (Fsp3) is 0.294. The Kier molecular flexibility index (Phi) is 4.93. The molecule has 1 unspecified atom stereocenters. The van der Waals surface area contributed by atoms with Crippen LogP contribution in [-0.4, -0.2) is 11.0 Å². The number of non-ortho nitro benzene ring substituents is 1. The standard InChI is InChI=1S/C17H20N2O2/c1-3-15(11-14-7-5-4-6-8-14)18-17-12-16(19(20)21)10-9-13(17)2/h4-10,12,15,18H,3,11H2,1-2H3. The molecule has 0 bridgehead atoms. The molecule has 1 atom stereocenters. The summed E-state index contributed by atoms with van der Waals surface area (Å²) in [6.45, 7) is 4.08. The van der Waals surface area contributed by atoms with Crippen LogP contribution in [0, 0.1) is 17.0 Å². The molecule has 4 nitrogen and oxygen atoms in total. The minimum absolute atomic E-state index is 0.123. The molecule has 0 saturated carbocycles. The summed E-state index contributed by atoms with van der Waals surface area (Å²) in [7, 11) is 0. The van der Waals surface area contributed by atoms with Crippen molar-refractivity contribution < 1.29 is 4.92 Å². The molecule has 2 rings (SSSR count). The largest absolute Gasteiger partial charge is 0.382 e. The molecule has 0 heterocycles. The molecule has 0 radical (unpaired) electrons. The predicted molar refractivity (Wildman–Crippen MR) is 85.7 cm³/mol. The van der Waals surface area contributed by atoms with Gasteiger partial charge in [0, 0.05) is 23.9 Å². The molecule has 110 valence electrons. The summed E-state index contributed by atoms with van der Waals surface area (Å²) in [6.07, 6.45) is 1.86. The summed E-state index contributed by atoms with van der Waals surface area (Å²) < 4.78 is 0. The van der Waals surface area contributed by atoms with Crippen LogP contribution in [0.1, 0.15) is 24.5 Å². The van der Waals surface area contributed by atoms with Crippen molar-refractivity contribution in [3.63, 3.8) is 0 Å². The van der Waals surface area contributed by atoms with Crippen LogP contribution < -0.4 is 5.32 Å². The second kappa shape index (κ2) is 6.88. The number of hydrogen-bond acceptors (Lipinski definition) is 3. The molecule has 2 aromatic rings. The van der Waals surface area contributed by atoms with Gasteiger partial charge in [0.25, 0.3) is 5.69 Å². The van der Waals surface area contributed by atoms with E-state index in [0.717, 1.165) is 24.1 Å². The van der Waals surface area contributed by atoms with Gasteiger partial charge in [0.2, 0.25) is 0 Å². The van der Waals surface area contributed by atoms with Crippen molar-refractivity contribution in [1.82, 2.24) is 0 Å². The lowest BCUT2D eigenvalue weighted by molar-refractivity contribution is -0.384. The highest BCUT2D eigenvalue weighted by Gasteiger charge is 2.12. The van der Waals surface area contributed by atoms with Crippen LogP contribution in [0.5, 0.6) is 0 Å². The topological polar surface area (TPSA) is 55.2 Å². The number of rotatable bonds is 6. The first-order valence-corrected chi connectivity index (χ1v) is 7.15. The van der Waals surface area contributed by atoms with Crippen molar-refractivity contribution in [3.8, 4) is 0 Å². The molecule has 2 aromatic carbocycles. The average Bonchev–Trinajstić information content (AvgIpc) is 2.49. The fourth-order valence-electron chi connectivity index (χ4n) is 2.30. The van der Waals surface area contributed by atoms with Crippen LogP contribution in [0.4, 0.5) is 11.4 Å². The Morgan fingerprint density at radius 2 is 1.90 bits per heavy atom. The third-order valence-electron chi connectivity index (χ3n) is 3.61. The third-order valence-corrected chi connectivity index (χ3v) is 3.61. The molecule has 4 heteroatoms. The van der Waals surface area contributed by atoms with Crippen molar-refractivity contribution in [2.24, 2.45) is 0 Å². The molecule has 0 fully saturated rings. The van der Waals surface area contributed by atoms with Crippen LogP contribution in [0.3, 0.4) is 0 Å². The maximum atomic E-state index is 10.9. The monoisotopic (exact) mass is 284 g/mol. The smallest absolute Gasteiger partial charge is 0.271 e. The first kappa shape index (κ1) is 15.0. The summed E-state index contributed by atoms with van der Waals surface area (Å²) >= 11 is 0. The van der Waals surface area contributed by atoms with Gasteiger partial charge in [0.15, 0.2) is 0 Å². The van der Waals surface area contributed by atoms with E-state index in [4.69, 9.17) is 0 Å². The Balaban J connectivity index is 2.14. The molecule has 0 saturated heterocycles. The normalized spacial score (nSPS) is 11.9. The zero-order valence-electron chi connectivity index (χ0n) is 12.4. The minimum atomic E-state index is -0.358. The lowest BCUT2D eigenvalue weighted by Crippen LogP contribution is -2.21. The number of nitro groups is 1. The van der Waals surface area contributed by atoms with Gasteiger partial charge in [-0.1, -0.05) is 43.3 Å². The van der Waals surface area contributed by atoms with E-state index in [2.05, 4.69) is 24.4 Å². The van der Waals surface area contributed by atoms with Crippen LogP contribution in [-0.2, 0) is 6.42 Å². The SMILES string of the molecule is CCC(Cc1ccccc1)Nc1cc([N+](=O)[O-])ccc1C. The first-order chi connectivity index (χ1) is 10.1. The fourth-order valence-corrected chi connectivity index (χ4v) is 2.30. The van der Waals surface area contributed by atoms with Gasteiger partial charge in [-0.2, -0.15) is 0 Å². The van der Waals surface area contributed by atoms with Crippen molar-refractivity contribution in [1.29, 1.82) is 0 Å². The molecular weight excluding hydrogens is 264 g/mol. The van der Waals surface area contributed by atoms with Crippen molar-refractivity contribution in [2.45, 2.75) is 32.7 Å². The lowest BCUT2D eigenvalue weighted by Gasteiger charge is -2.19. The molecular formula is C17H20N2O2. The second-order valence-electron chi connectivity index (χ2n) is 5.20. The Morgan fingerprint density at radius 3 is 2.52 bits per heavy atom. The van der Waals surface area contributed by atoms with E-state index < -0.39 is 0 Å². The van der Waals surface area contributed by atoms with Crippen LogP contribution >= 0.6 is 0 Å². The zero-order valence-corrected chi connectivity index (χ0v) is 12.4. The van der Waals surface area contributed by atoms with Crippen LogP contribution in [0.25, 0.3) is 0 Å². The average molecular weight is 284 g/mol. The van der Waals surface area contributed by atoms with E-state index in [-0.39, 0.29) is 16.7 Å². The molecule has 0 aliphatic rings. The predicted octanol–water partition coefficient (Wildman–Crippen LogP) is 4.34. The molecule has 0 aliphatic carbocycles. The van der Waals surface area contributed by atoms with Gasteiger partial charge in [-0.3, -0.25) is 10.1 Å². The van der Waals surface area contributed by atoms with E-state index in [1.54, 1.807) is 18.2 Å². The third kappa shape index (κ3) is 4.05. The first-order valence-electron chi connectivity index (χ1n) is 7.15. The number of anilines is 1. The van der Waals surface area contributed by atoms with Gasteiger partial charge in [0.05, 0.1) is 4.92 Å². The summed E-state index contributed by atoms with van der Waals surface area (Å²) in [5.74, 6) is 0. The van der Waals surface area contributed by atoms with Crippen molar-refractivity contribution in [2.75, 3.05) is 5.32 Å². The Morgan fingerprint density at radius 1 is 1.19 bits per heavy atom. The molecule has 21 heavy (non-hydrogen) atoms. The Labute approximate surface area is 125 Å². The van der Waals surface area contributed by atoms with Gasteiger partial charge >= 0.3 is 0 Å². The number of benzene rings is 2. The maximum Gasteiger partial charge on any atom is 0.271 e. The van der Waals surface area contributed by atoms with E-state index >= 15 is 0 Å². The number of aryl methyl sites for hydroxylation is 1. The van der Waals surface area contributed by atoms with Crippen LogP contribution in [0.15, 0.2) is 48.5 Å². The molecule has 1 N–H and O–H groups in total. The highest BCUT2D eigenvalue weighted by Crippen LogP contribution is 2.23.